The number of piperidine rings is 1. The van der Waals surface area contributed by atoms with Crippen LogP contribution in [0.5, 0.6) is 0 Å². The second kappa shape index (κ2) is 6.84. The lowest BCUT2D eigenvalue weighted by Crippen LogP contribution is -2.46. The van der Waals surface area contributed by atoms with Crippen molar-refractivity contribution in [3.05, 3.63) is 47.8 Å². The topological polar surface area (TPSA) is 102 Å². The molecular formula is C17H21N5O2. The number of aromatic nitrogens is 2. The first-order valence-corrected chi connectivity index (χ1v) is 8.04. The first-order valence-electron chi connectivity index (χ1n) is 8.04. The molecule has 2 atom stereocenters. The van der Waals surface area contributed by atoms with Crippen LogP contribution < -0.4 is 16.4 Å². The standard InChI is InChI=1S/C17H21N5O2/c1-11-9-12(7-8-19-11)20-17(24)14-10-15(16(18)23)22(21-14)13-5-3-2-4-6-13/h2-6,10-12,19H,7-9H2,1H3,(H2,18,23)(H,20,24). The maximum absolute atomic E-state index is 12.5. The first kappa shape index (κ1) is 16.2. The number of carbonyl (C=O) groups is 2. The van der Waals surface area contributed by atoms with Crippen LogP contribution in [-0.2, 0) is 0 Å². The molecule has 0 spiro atoms. The fourth-order valence-electron chi connectivity index (χ4n) is 2.96. The molecule has 1 aromatic heterocycles. The molecule has 1 aliphatic heterocycles. The summed E-state index contributed by atoms with van der Waals surface area (Å²) in [5, 5.41) is 10.6. The highest BCUT2D eigenvalue weighted by molar-refractivity contribution is 5.97. The van der Waals surface area contributed by atoms with Gasteiger partial charge in [-0.2, -0.15) is 5.10 Å². The molecule has 2 unspecified atom stereocenters. The number of primary amides is 1. The van der Waals surface area contributed by atoms with Gasteiger partial charge in [0.2, 0.25) is 0 Å². The number of hydrogen-bond donors (Lipinski definition) is 3. The van der Waals surface area contributed by atoms with Gasteiger partial charge in [0.1, 0.15) is 5.69 Å². The van der Waals surface area contributed by atoms with E-state index in [-0.39, 0.29) is 23.3 Å². The quantitative estimate of drug-likeness (QED) is 0.774. The van der Waals surface area contributed by atoms with Crippen LogP contribution in [0.4, 0.5) is 0 Å². The van der Waals surface area contributed by atoms with Crippen LogP contribution in [0.2, 0.25) is 0 Å². The third-order valence-electron chi connectivity index (χ3n) is 4.15. The molecule has 7 nitrogen and oxygen atoms in total. The van der Waals surface area contributed by atoms with Crippen molar-refractivity contribution in [2.24, 2.45) is 5.73 Å². The molecule has 126 valence electrons. The van der Waals surface area contributed by atoms with Gasteiger partial charge in [-0.3, -0.25) is 9.59 Å². The zero-order chi connectivity index (χ0) is 17.1. The maximum Gasteiger partial charge on any atom is 0.272 e. The van der Waals surface area contributed by atoms with Crippen LogP contribution in [0.1, 0.15) is 40.7 Å². The minimum atomic E-state index is -0.624. The van der Waals surface area contributed by atoms with Crippen LogP contribution in [0.15, 0.2) is 36.4 Å². The van der Waals surface area contributed by atoms with E-state index in [1.54, 1.807) is 12.1 Å². The minimum Gasteiger partial charge on any atom is -0.364 e. The minimum absolute atomic E-state index is 0.104. The van der Waals surface area contributed by atoms with E-state index >= 15 is 0 Å². The van der Waals surface area contributed by atoms with Gasteiger partial charge < -0.3 is 16.4 Å². The van der Waals surface area contributed by atoms with Gasteiger partial charge in [-0.15, -0.1) is 0 Å². The first-order chi connectivity index (χ1) is 11.5. The van der Waals surface area contributed by atoms with Crippen molar-refractivity contribution in [3.63, 3.8) is 0 Å². The number of amides is 2. The zero-order valence-corrected chi connectivity index (χ0v) is 13.5. The number of nitrogens with zero attached hydrogens (tertiary/aromatic N) is 2. The van der Waals surface area contributed by atoms with Gasteiger partial charge in [-0.1, -0.05) is 18.2 Å². The summed E-state index contributed by atoms with van der Waals surface area (Å²) in [5.74, 6) is -0.910. The van der Waals surface area contributed by atoms with E-state index in [1.807, 2.05) is 18.2 Å². The molecule has 1 aromatic carbocycles. The van der Waals surface area contributed by atoms with Crippen molar-refractivity contribution in [2.45, 2.75) is 31.8 Å². The summed E-state index contributed by atoms with van der Waals surface area (Å²) in [5.41, 5.74) is 6.49. The molecule has 0 aliphatic carbocycles. The van der Waals surface area contributed by atoms with Crippen LogP contribution >= 0.6 is 0 Å². The summed E-state index contributed by atoms with van der Waals surface area (Å²) in [6.45, 7) is 2.96. The van der Waals surface area contributed by atoms with Crippen LogP contribution in [0.3, 0.4) is 0 Å². The smallest absolute Gasteiger partial charge is 0.272 e. The number of carbonyl (C=O) groups excluding carboxylic acids is 2. The summed E-state index contributed by atoms with van der Waals surface area (Å²) in [4.78, 5) is 24.2. The molecule has 1 fully saturated rings. The molecule has 24 heavy (non-hydrogen) atoms. The van der Waals surface area contributed by atoms with Gasteiger partial charge in [-0.05, 0) is 38.4 Å². The van der Waals surface area contributed by atoms with Gasteiger partial charge in [0, 0.05) is 18.2 Å². The Hall–Kier alpha value is -2.67. The molecule has 1 saturated heterocycles. The number of benzene rings is 1. The Balaban J connectivity index is 1.83. The Labute approximate surface area is 140 Å². The molecule has 2 heterocycles. The molecular weight excluding hydrogens is 306 g/mol. The van der Waals surface area contributed by atoms with Gasteiger partial charge in [0.15, 0.2) is 5.69 Å². The van der Waals surface area contributed by atoms with Crippen LogP contribution in [0, 0.1) is 0 Å². The molecule has 3 rings (SSSR count). The fraction of sp³-hybridized carbons (Fsp3) is 0.353. The summed E-state index contributed by atoms with van der Waals surface area (Å²) >= 11 is 0. The van der Waals surface area contributed by atoms with Gasteiger partial charge in [0.05, 0.1) is 5.69 Å². The monoisotopic (exact) mass is 327 g/mol. The molecule has 0 bridgehead atoms. The molecule has 7 heteroatoms. The Bertz CT molecular complexity index is 741. The van der Waals surface area contributed by atoms with Gasteiger partial charge >= 0.3 is 0 Å². The summed E-state index contributed by atoms with van der Waals surface area (Å²) in [6, 6.07) is 11.0. The molecule has 2 amide bonds. The Morgan fingerprint density at radius 3 is 2.75 bits per heavy atom. The van der Waals surface area contributed by atoms with E-state index in [0.717, 1.165) is 19.4 Å². The van der Waals surface area contributed by atoms with Crippen molar-refractivity contribution in [1.29, 1.82) is 0 Å². The SMILES string of the molecule is CC1CC(NC(=O)c2cc(C(N)=O)n(-c3ccccc3)n2)CCN1. The number of para-hydroxylation sites is 1. The van der Waals surface area contributed by atoms with Crippen molar-refractivity contribution in [2.75, 3.05) is 6.54 Å². The highest BCUT2D eigenvalue weighted by atomic mass is 16.2. The third-order valence-corrected chi connectivity index (χ3v) is 4.15. The number of nitrogens with two attached hydrogens (primary N) is 1. The lowest BCUT2D eigenvalue weighted by molar-refractivity contribution is 0.0919. The molecule has 1 aliphatic rings. The third kappa shape index (κ3) is 3.46. The van der Waals surface area contributed by atoms with Crippen molar-refractivity contribution in [1.82, 2.24) is 20.4 Å². The summed E-state index contributed by atoms with van der Waals surface area (Å²) in [7, 11) is 0. The summed E-state index contributed by atoms with van der Waals surface area (Å²) in [6.07, 6.45) is 1.74. The van der Waals surface area contributed by atoms with Crippen LogP contribution in [-0.4, -0.2) is 40.2 Å². The fourth-order valence-corrected chi connectivity index (χ4v) is 2.96. The van der Waals surface area contributed by atoms with Crippen molar-refractivity contribution < 1.29 is 9.59 Å². The van der Waals surface area contributed by atoms with Gasteiger partial charge in [0.25, 0.3) is 11.8 Å². The lowest BCUT2D eigenvalue weighted by atomic mass is 10.0. The summed E-state index contributed by atoms with van der Waals surface area (Å²) < 4.78 is 1.41. The molecule has 2 aromatic rings. The second-order valence-electron chi connectivity index (χ2n) is 6.08. The Kier molecular flexibility index (Phi) is 4.61. The normalized spacial score (nSPS) is 20.5. The predicted octanol–water partition coefficient (Wildman–Crippen LogP) is 0.841. The van der Waals surface area contributed by atoms with E-state index in [4.69, 9.17) is 5.73 Å². The Morgan fingerprint density at radius 1 is 1.33 bits per heavy atom. The average Bonchev–Trinajstić information content (AvgIpc) is 3.01. The highest BCUT2D eigenvalue weighted by Crippen LogP contribution is 2.14. The van der Waals surface area contributed by atoms with E-state index in [0.29, 0.717) is 11.7 Å². The highest BCUT2D eigenvalue weighted by Gasteiger charge is 2.23. The van der Waals surface area contributed by atoms with Gasteiger partial charge in [-0.25, -0.2) is 4.68 Å². The zero-order valence-electron chi connectivity index (χ0n) is 13.5. The van der Waals surface area contributed by atoms with Crippen LogP contribution in [0.25, 0.3) is 5.69 Å². The number of hydrogen-bond acceptors (Lipinski definition) is 4. The molecule has 0 saturated carbocycles. The largest absolute Gasteiger partial charge is 0.364 e. The van der Waals surface area contributed by atoms with E-state index < -0.39 is 5.91 Å². The van der Waals surface area contributed by atoms with E-state index in [1.165, 1.54) is 10.7 Å². The molecule has 0 radical (unpaired) electrons. The number of nitrogens with one attached hydrogen (secondary N) is 2. The maximum atomic E-state index is 12.5. The van der Waals surface area contributed by atoms with E-state index in [9.17, 15) is 9.59 Å². The van der Waals surface area contributed by atoms with E-state index in [2.05, 4.69) is 22.7 Å². The predicted molar refractivity (Wildman–Crippen MR) is 90.0 cm³/mol. The number of rotatable bonds is 4. The second-order valence-corrected chi connectivity index (χ2v) is 6.08. The molecule has 4 N–H and O–H groups in total. The lowest BCUT2D eigenvalue weighted by Gasteiger charge is -2.28. The van der Waals surface area contributed by atoms with Crippen molar-refractivity contribution >= 4 is 11.8 Å². The van der Waals surface area contributed by atoms with Crippen molar-refractivity contribution in [3.8, 4) is 5.69 Å². The Morgan fingerprint density at radius 2 is 2.08 bits per heavy atom. The average molecular weight is 327 g/mol.